The number of hydrogen-bond acceptors (Lipinski definition) is 4. The van der Waals surface area contributed by atoms with Crippen LogP contribution >= 0.6 is 0 Å². The zero-order valence-electron chi connectivity index (χ0n) is 17.3. The first-order valence-electron chi connectivity index (χ1n) is 10.6. The van der Waals surface area contributed by atoms with E-state index in [1.807, 2.05) is 0 Å². The largest absolute Gasteiger partial charge is 0.369 e. The van der Waals surface area contributed by atoms with Crippen LogP contribution in [0.4, 0.5) is 5.69 Å². The minimum atomic E-state index is -0.0669. The van der Waals surface area contributed by atoms with E-state index in [0.29, 0.717) is 19.5 Å². The van der Waals surface area contributed by atoms with E-state index in [-0.39, 0.29) is 11.5 Å². The smallest absolute Gasteiger partial charge is 0.250 e. The van der Waals surface area contributed by atoms with E-state index in [4.69, 9.17) is 0 Å². The molecule has 1 amide bonds. The van der Waals surface area contributed by atoms with Gasteiger partial charge in [0.25, 0.3) is 5.56 Å². The maximum absolute atomic E-state index is 11.9. The van der Waals surface area contributed by atoms with Crippen LogP contribution in [0.1, 0.15) is 24.8 Å². The molecule has 1 aliphatic rings. The summed E-state index contributed by atoms with van der Waals surface area (Å²) < 4.78 is 1.57. The summed E-state index contributed by atoms with van der Waals surface area (Å²) >= 11 is 0. The monoisotopic (exact) mass is 396 g/mol. The number of carbonyl (C=O) groups is 1. The third kappa shape index (κ3) is 6.75. The summed E-state index contributed by atoms with van der Waals surface area (Å²) in [7, 11) is 0. The number of aromatic nitrogens is 1. The lowest BCUT2D eigenvalue weighted by molar-refractivity contribution is -0.121. The van der Waals surface area contributed by atoms with Crippen LogP contribution in [0.25, 0.3) is 0 Å². The number of pyridine rings is 1. The average molecular weight is 397 g/mol. The van der Waals surface area contributed by atoms with Gasteiger partial charge in [-0.15, -0.1) is 0 Å². The van der Waals surface area contributed by atoms with Crippen molar-refractivity contribution in [1.82, 2.24) is 14.8 Å². The highest BCUT2D eigenvalue weighted by atomic mass is 16.1. The Kier molecular flexibility index (Phi) is 7.87. The second kappa shape index (κ2) is 10.8. The number of hydrogen-bond donors (Lipinski definition) is 1. The molecule has 1 fully saturated rings. The summed E-state index contributed by atoms with van der Waals surface area (Å²) in [5.74, 6) is 0.00696. The molecule has 29 heavy (non-hydrogen) atoms. The predicted octanol–water partition coefficient (Wildman–Crippen LogP) is 2.27. The lowest BCUT2D eigenvalue weighted by Gasteiger charge is -2.36. The molecule has 2 aromatic rings. The number of anilines is 1. The van der Waals surface area contributed by atoms with Gasteiger partial charge in [-0.25, -0.2) is 0 Å². The van der Waals surface area contributed by atoms with Gasteiger partial charge in [-0.1, -0.05) is 18.2 Å². The van der Waals surface area contributed by atoms with E-state index in [1.165, 1.54) is 17.3 Å². The number of aryl methyl sites for hydroxylation is 2. The Morgan fingerprint density at radius 1 is 1.00 bits per heavy atom. The summed E-state index contributed by atoms with van der Waals surface area (Å²) in [6.07, 6.45) is 4.12. The molecule has 0 bridgehead atoms. The zero-order chi connectivity index (χ0) is 20.5. The fraction of sp³-hybridized carbons (Fsp3) is 0.478. The molecule has 0 saturated carbocycles. The molecule has 1 saturated heterocycles. The van der Waals surface area contributed by atoms with Crippen molar-refractivity contribution in [3.63, 3.8) is 0 Å². The number of benzene rings is 1. The first-order valence-corrected chi connectivity index (χ1v) is 10.6. The minimum absolute atomic E-state index is 0.00696. The molecular weight excluding hydrogens is 364 g/mol. The molecule has 1 N–H and O–H groups in total. The van der Waals surface area contributed by atoms with Gasteiger partial charge in [0.15, 0.2) is 0 Å². The highest BCUT2D eigenvalue weighted by molar-refractivity contribution is 5.75. The molecule has 0 aliphatic carbocycles. The summed E-state index contributed by atoms with van der Waals surface area (Å²) in [5.41, 5.74) is 2.57. The molecule has 0 unspecified atom stereocenters. The van der Waals surface area contributed by atoms with Crippen molar-refractivity contribution in [3.05, 3.63) is 64.6 Å². The second-order valence-electron chi connectivity index (χ2n) is 7.71. The highest BCUT2D eigenvalue weighted by Crippen LogP contribution is 2.17. The van der Waals surface area contributed by atoms with Crippen LogP contribution in [0.15, 0.2) is 53.5 Å². The number of nitrogens with one attached hydrogen (secondary N) is 1. The molecule has 6 heteroatoms. The van der Waals surface area contributed by atoms with Gasteiger partial charge in [0.2, 0.25) is 5.91 Å². The Hall–Kier alpha value is -2.60. The normalized spacial score (nSPS) is 14.7. The third-order valence-corrected chi connectivity index (χ3v) is 5.44. The van der Waals surface area contributed by atoms with Crippen LogP contribution < -0.4 is 15.8 Å². The van der Waals surface area contributed by atoms with Crippen molar-refractivity contribution in [1.29, 1.82) is 0 Å². The van der Waals surface area contributed by atoms with Crippen molar-refractivity contribution in [3.8, 4) is 0 Å². The number of nitrogens with zero attached hydrogens (tertiary/aromatic N) is 3. The molecule has 1 aliphatic heterocycles. The quantitative estimate of drug-likeness (QED) is 0.661. The first kappa shape index (κ1) is 21.1. The van der Waals surface area contributed by atoms with Gasteiger partial charge < -0.3 is 14.8 Å². The summed E-state index contributed by atoms with van der Waals surface area (Å²) in [4.78, 5) is 28.5. The lowest BCUT2D eigenvalue weighted by Crippen LogP contribution is -2.46. The molecule has 0 atom stereocenters. The molecule has 3 rings (SSSR count). The highest BCUT2D eigenvalue weighted by Gasteiger charge is 2.16. The van der Waals surface area contributed by atoms with Gasteiger partial charge in [-0.3, -0.25) is 14.5 Å². The molecular formula is C23H32N4O2. The molecule has 1 aromatic heterocycles. The number of unbranched alkanes of at least 4 members (excludes halogenated alkanes) is 1. The Morgan fingerprint density at radius 3 is 2.59 bits per heavy atom. The third-order valence-electron chi connectivity index (χ3n) is 5.44. The first-order chi connectivity index (χ1) is 14.1. The average Bonchev–Trinajstić information content (AvgIpc) is 2.73. The molecule has 0 spiro atoms. The van der Waals surface area contributed by atoms with Crippen LogP contribution in [-0.2, 0) is 11.3 Å². The second-order valence-corrected chi connectivity index (χ2v) is 7.71. The van der Waals surface area contributed by atoms with E-state index in [1.54, 1.807) is 22.9 Å². The lowest BCUT2D eigenvalue weighted by atomic mass is 10.2. The molecule has 0 radical (unpaired) electrons. The van der Waals surface area contributed by atoms with E-state index in [0.717, 1.165) is 45.6 Å². The fourth-order valence-electron chi connectivity index (χ4n) is 3.70. The summed E-state index contributed by atoms with van der Waals surface area (Å²) in [6, 6.07) is 13.7. The van der Waals surface area contributed by atoms with Gasteiger partial charge in [-0.05, 0) is 50.1 Å². The van der Waals surface area contributed by atoms with Gasteiger partial charge in [0.05, 0.1) is 0 Å². The van der Waals surface area contributed by atoms with Gasteiger partial charge in [0.1, 0.15) is 0 Å². The van der Waals surface area contributed by atoms with E-state index < -0.39 is 0 Å². The Morgan fingerprint density at radius 2 is 1.83 bits per heavy atom. The van der Waals surface area contributed by atoms with Crippen molar-refractivity contribution in [2.45, 2.75) is 32.7 Å². The van der Waals surface area contributed by atoms with Crippen LogP contribution in [0.3, 0.4) is 0 Å². The van der Waals surface area contributed by atoms with E-state index >= 15 is 0 Å². The topological polar surface area (TPSA) is 57.6 Å². The Balaban J connectivity index is 1.25. The molecule has 1 aromatic carbocycles. The van der Waals surface area contributed by atoms with Crippen molar-refractivity contribution < 1.29 is 4.79 Å². The van der Waals surface area contributed by atoms with Gasteiger partial charge in [0, 0.05) is 63.6 Å². The number of rotatable bonds is 9. The van der Waals surface area contributed by atoms with Crippen LogP contribution in [-0.4, -0.2) is 54.6 Å². The van der Waals surface area contributed by atoms with E-state index in [9.17, 15) is 9.59 Å². The van der Waals surface area contributed by atoms with Gasteiger partial charge in [-0.2, -0.15) is 0 Å². The van der Waals surface area contributed by atoms with Crippen LogP contribution in [0.2, 0.25) is 0 Å². The Bertz CT molecular complexity index is 841. The molecule has 6 nitrogen and oxygen atoms in total. The summed E-state index contributed by atoms with van der Waals surface area (Å²) in [5, 5.41) is 2.96. The van der Waals surface area contributed by atoms with Gasteiger partial charge >= 0.3 is 0 Å². The number of carbonyl (C=O) groups excluding carboxylic acids is 1. The number of amides is 1. The van der Waals surface area contributed by atoms with Crippen LogP contribution in [0.5, 0.6) is 0 Å². The van der Waals surface area contributed by atoms with Crippen LogP contribution in [0, 0.1) is 6.92 Å². The molecule has 156 valence electrons. The standard InChI is InChI=1S/C23H32N4O2/c1-20-7-6-8-21(19-20)26-17-15-25(16-18-26)12-5-3-11-24-22(28)10-14-27-13-4-2-9-23(27)29/h2,4,6-9,13,19H,3,5,10-12,14-18H2,1H3,(H,24,28). The maximum Gasteiger partial charge on any atom is 0.250 e. The SMILES string of the molecule is Cc1cccc(N2CCN(CCCCNC(=O)CCn3ccccc3=O)CC2)c1. The Labute approximate surface area is 173 Å². The predicted molar refractivity (Wildman–Crippen MR) is 117 cm³/mol. The molecule has 2 heterocycles. The van der Waals surface area contributed by atoms with Crippen molar-refractivity contribution in [2.24, 2.45) is 0 Å². The van der Waals surface area contributed by atoms with E-state index in [2.05, 4.69) is 46.3 Å². The zero-order valence-corrected chi connectivity index (χ0v) is 17.3. The van der Waals surface area contributed by atoms with Crippen molar-refractivity contribution in [2.75, 3.05) is 44.2 Å². The minimum Gasteiger partial charge on any atom is -0.369 e. The maximum atomic E-state index is 11.9. The number of piperazine rings is 1. The fourth-order valence-corrected chi connectivity index (χ4v) is 3.70. The van der Waals surface area contributed by atoms with Crippen molar-refractivity contribution >= 4 is 11.6 Å². The summed E-state index contributed by atoms with van der Waals surface area (Å²) in [6.45, 7) is 8.66.